The highest BCUT2D eigenvalue weighted by Crippen LogP contribution is 2.31. The van der Waals surface area contributed by atoms with E-state index in [1.807, 2.05) is 62.4 Å². The average molecular weight is 510 g/mol. The fourth-order valence-electron chi connectivity index (χ4n) is 4.62. The van der Waals surface area contributed by atoms with Crippen LogP contribution < -0.4 is 15.4 Å². The van der Waals surface area contributed by atoms with Crippen molar-refractivity contribution in [3.05, 3.63) is 72.3 Å². The molecule has 0 bridgehead atoms. The summed E-state index contributed by atoms with van der Waals surface area (Å²) in [5, 5.41) is 7.52. The maximum Gasteiger partial charge on any atom is 0.290 e. The minimum atomic E-state index is -0.111. The van der Waals surface area contributed by atoms with Gasteiger partial charge in [0.05, 0.1) is 18.3 Å². The molecule has 0 spiro atoms. The Morgan fingerprint density at radius 3 is 2.61 bits per heavy atom. The molecule has 10 heteroatoms. The quantitative estimate of drug-likeness (QED) is 0.402. The number of amidine groups is 1. The number of aromatic nitrogens is 3. The zero-order valence-electron chi connectivity index (χ0n) is 21.3. The molecule has 4 aromatic rings. The number of ether oxygens (including phenoxy) is 2. The highest BCUT2D eigenvalue weighted by molar-refractivity contribution is 5.97. The largest absolute Gasteiger partial charge is 0.457 e. The molecule has 1 amide bonds. The van der Waals surface area contributed by atoms with Gasteiger partial charge in [-0.25, -0.2) is 15.0 Å². The molecule has 1 saturated heterocycles. The molecule has 0 aliphatic carbocycles. The Balaban J connectivity index is 1.19. The highest BCUT2D eigenvalue weighted by atomic mass is 16.5. The van der Waals surface area contributed by atoms with Gasteiger partial charge >= 0.3 is 0 Å². The first-order valence-electron chi connectivity index (χ1n) is 12.4. The molecule has 1 fully saturated rings. The van der Waals surface area contributed by atoms with Gasteiger partial charge in [0.25, 0.3) is 6.02 Å². The Labute approximate surface area is 219 Å². The number of fused-ring (bicyclic) bond motifs is 2. The number of carbonyl (C=O) groups is 1. The second-order valence-corrected chi connectivity index (χ2v) is 9.50. The van der Waals surface area contributed by atoms with Crippen molar-refractivity contribution in [2.24, 2.45) is 4.99 Å². The van der Waals surface area contributed by atoms with Gasteiger partial charge in [-0.3, -0.25) is 9.78 Å². The molecule has 2 N–H and O–H groups in total. The normalized spacial score (nSPS) is 18.1. The summed E-state index contributed by atoms with van der Waals surface area (Å²) in [6.07, 6.45) is 3.15. The van der Waals surface area contributed by atoms with Gasteiger partial charge in [0.15, 0.2) is 0 Å². The van der Waals surface area contributed by atoms with Crippen molar-refractivity contribution in [1.29, 1.82) is 0 Å². The Morgan fingerprint density at radius 1 is 1.00 bits per heavy atom. The van der Waals surface area contributed by atoms with Crippen LogP contribution in [0.5, 0.6) is 11.5 Å². The first-order chi connectivity index (χ1) is 18.4. The Morgan fingerprint density at radius 2 is 1.84 bits per heavy atom. The van der Waals surface area contributed by atoms with Gasteiger partial charge in [0, 0.05) is 35.9 Å². The number of amides is 1. The summed E-state index contributed by atoms with van der Waals surface area (Å²) in [5.74, 6) is 2.17. The molecule has 4 heterocycles. The van der Waals surface area contributed by atoms with Crippen LogP contribution in [0.1, 0.15) is 18.2 Å². The second kappa shape index (κ2) is 9.62. The number of benzene rings is 2. The van der Waals surface area contributed by atoms with E-state index in [4.69, 9.17) is 9.47 Å². The minimum Gasteiger partial charge on any atom is -0.457 e. The first-order valence-corrected chi connectivity index (χ1v) is 12.4. The van der Waals surface area contributed by atoms with Crippen molar-refractivity contribution in [1.82, 2.24) is 19.9 Å². The van der Waals surface area contributed by atoms with E-state index in [1.54, 1.807) is 24.3 Å². The van der Waals surface area contributed by atoms with Crippen molar-refractivity contribution < 1.29 is 14.3 Å². The van der Waals surface area contributed by atoms with Crippen LogP contribution in [0.4, 0.5) is 17.2 Å². The van der Waals surface area contributed by atoms with Crippen LogP contribution in [0.3, 0.4) is 0 Å². The van der Waals surface area contributed by atoms with Gasteiger partial charge in [0.1, 0.15) is 35.8 Å². The van der Waals surface area contributed by atoms with Crippen molar-refractivity contribution in [3.8, 4) is 11.5 Å². The number of hydrogen-bond acceptors (Lipinski definition) is 9. The van der Waals surface area contributed by atoms with Crippen molar-refractivity contribution in [3.63, 3.8) is 0 Å². The van der Waals surface area contributed by atoms with Crippen molar-refractivity contribution >= 4 is 40.0 Å². The van der Waals surface area contributed by atoms with E-state index in [9.17, 15) is 4.79 Å². The van der Waals surface area contributed by atoms with Gasteiger partial charge in [-0.1, -0.05) is 0 Å². The van der Waals surface area contributed by atoms with E-state index < -0.39 is 0 Å². The summed E-state index contributed by atoms with van der Waals surface area (Å²) >= 11 is 0. The molecule has 2 aromatic carbocycles. The highest BCUT2D eigenvalue weighted by Gasteiger charge is 2.40. The fraction of sp³-hybridized carbons (Fsp3) is 0.250. The standard InChI is InChI=1S/C28H27N7O3/c1-16-10-19(6-9-25(16)37-21-7-4-17(2)29-12-21)32-27-22-11-20(5-8-23(22)30-15-31-27)33-28-34-24-13-35(18(3)36)14-26(24)38-28/h4-12,15,24,26H,13-14H2,1-3H3,(H,33,34)(H,30,31,32). The number of likely N-dealkylation sites (tertiary alicyclic amines) is 1. The molecule has 2 unspecified atom stereocenters. The Bertz CT molecular complexity index is 1550. The third-order valence-electron chi connectivity index (χ3n) is 6.66. The number of aliphatic imine (C=N–C) groups is 1. The zero-order chi connectivity index (χ0) is 26.2. The number of anilines is 3. The lowest BCUT2D eigenvalue weighted by Crippen LogP contribution is -2.29. The summed E-state index contributed by atoms with van der Waals surface area (Å²) in [5.41, 5.74) is 4.41. The summed E-state index contributed by atoms with van der Waals surface area (Å²) in [4.78, 5) is 31.2. The Kier molecular flexibility index (Phi) is 5.99. The zero-order valence-corrected chi connectivity index (χ0v) is 21.3. The third-order valence-corrected chi connectivity index (χ3v) is 6.66. The minimum absolute atomic E-state index is 0.0418. The fourth-order valence-corrected chi connectivity index (χ4v) is 4.62. The molecule has 192 valence electrons. The van der Waals surface area contributed by atoms with Gasteiger partial charge in [-0.05, 0) is 67.9 Å². The summed E-state index contributed by atoms with van der Waals surface area (Å²) in [6, 6.07) is 15.9. The SMILES string of the molecule is CC(=O)N1CC2N=C(Nc3ccc4ncnc(Nc5ccc(Oc6ccc(C)nc6)c(C)c5)c4c3)OC2C1. The topological polar surface area (TPSA) is 114 Å². The van der Waals surface area contributed by atoms with E-state index in [0.29, 0.717) is 30.7 Å². The van der Waals surface area contributed by atoms with E-state index in [2.05, 4.69) is 30.6 Å². The van der Waals surface area contributed by atoms with Crippen LogP contribution in [0.25, 0.3) is 10.9 Å². The molecule has 2 atom stereocenters. The number of hydrogen-bond donors (Lipinski definition) is 2. The van der Waals surface area contributed by atoms with Crippen LogP contribution in [-0.2, 0) is 9.53 Å². The molecular weight excluding hydrogens is 482 g/mol. The lowest BCUT2D eigenvalue weighted by atomic mass is 10.1. The molecular formula is C28H27N7O3. The van der Waals surface area contributed by atoms with Gasteiger partial charge < -0.3 is 25.0 Å². The van der Waals surface area contributed by atoms with Crippen LogP contribution in [0.2, 0.25) is 0 Å². The number of aryl methyl sites for hydroxylation is 2. The monoisotopic (exact) mass is 509 g/mol. The third kappa shape index (κ3) is 4.80. The predicted octanol–water partition coefficient (Wildman–Crippen LogP) is 4.57. The molecule has 6 rings (SSSR count). The van der Waals surface area contributed by atoms with Crippen LogP contribution >= 0.6 is 0 Å². The van der Waals surface area contributed by atoms with Crippen LogP contribution in [-0.4, -0.2) is 57.0 Å². The van der Waals surface area contributed by atoms with Crippen molar-refractivity contribution in [2.75, 3.05) is 23.7 Å². The predicted molar refractivity (Wildman–Crippen MR) is 145 cm³/mol. The Hall–Kier alpha value is -4.73. The molecule has 0 radical (unpaired) electrons. The lowest BCUT2D eigenvalue weighted by molar-refractivity contribution is -0.128. The van der Waals surface area contributed by atoms with Gasteiger partial charge in [-0.2, -0.15) is 0 Å². The molecule has 2 aliphatic rings. The lowest BCUT2D eigenvalue weighted by Gasteiger charge is -2.15. The maximum atomic E-state index is 11.6. The molecule has 0 saturated carbocycles. The van der Waals surface area contributed by atoms with E-state index in [1.165, 1.54) is 0 Å². The molecule has 2 aromatic heterocycles. The second-order valence-electron chi connectivity index (χ2n) is 9.50. The van der Waals surface area contributed by atoms with Gasteiger partial charge in [-0.15, -0.1) is 0 Å². The average Bonchev–Trinajstić information content (AvgIpc) is 3.46. The smallest absolute Gasteiger partial charge is 0.290 e. The van der Waals surface area contributed by atoms with Crippen molar-refractivity contribution in [2.45, 2.75) is 32.9 Å². The number of nitrogens with one attached hydrogen (secondary N) is 2. The number of pyridine rings is 1. The first kappa shape index (κ1) is 23.7. The molecule has 10 nitrogen and oxygen atoms in total. The van der Waals surface area contributed by atoms with Gasteiger partial charge in [0.2, 0.25) is 5.91 Å². The summed E-state index contributed by atoms with van der Waals surface area (Å²) < 4.78 is 12.0. The number of rotatable bonds is 5. The van der Waals surface area contributed by atoms with E-state index >= 15 is 0 Å². The summed E-state index contributed by atoms with van der Waals surface area (Å²) in [6.45, 7) is 6.64. The van der Waals surface area contributed by atoms with Crippen LogP contribution in [0, 0.1) is 13.8 Å². The number of carbonyl (C=O) groups excluding carboxylic acids is 1. The van der Waals surface area contributed by atoms with E-state index in [-0.39, 0.29) is 18.1 Å². The molecule has 38 heavy (non-hydrogen) atoms. The molecule has 2 aliphatic heterocycles. The van der Waals surface area contributed by atoms with E-state index in [0.717, 1.165) is 39.3 Å². The maximum absolute atomic E-state index is 11.6. The number of nitrogens with zero attached hydrogens (tertiary/aromatic N) is 5. The van der Waals surface area contributed by atoms with Crippen LogP contribution in [0.15, 0.2) is 66.0 Å². The summed E-state index contributed by atoms with van der Waals surface area (Å²) in [7, 11) is 0.